The first-order valence-electron chi connectivity index (χ1n) is 7.56. The Balaban J connectivity index is 1.68. The maximum Gasteiger partial charge on any atom is 0.282 e. The molecule has 2 saturated heterocycles. The smallest absolute Gasteiger partial charge is 0.282 e. The lowest BCUT2D eigenvalue weighted by Crippen LogP contribution is -2.52. The second-order valence-corrected chi connectivity index (χ2v) is 8.05. The van der Waals surface area contributed by atoms with Crippen LogP contribution in [0.15, 0.2) is 4.52 Å². The summed E-state index contributed by atoms with van der Waals surface area (Å²) in [6.07, 6.45) is 1.36. The predicted molar refractivity (Wildman–Crippen MR) is 78.5 cm³/mol. The van der Waals surface area contributed by atoms with Crippen LogP contribution < -0.4 is 0 Å². The topological polar surface area (TPSA) is 88.8 Å². The molecule has 0 atom stereocenters. The summed E-state index contributed by atoms with van der Waals surface area (Å²) in [6, 6.07) is 0. The fourth-order valence-electron chi connectivity index (χ4n) is 2.91. The number of hydrogen-bond donors (Lipinski definition) is 0. The summed E-state index contributed by atoms with van der Waals surface area (Å²) < 4.78 is 38.9. The first-order chi connectivity index (χ1) is 10.4. The number of ether oxygens (including phenoxy) is 1. The van der Waals surface area contributed by atoms with Crippen LogP contribution in [0.25, 0.3) is 0 Å². The van der Waals surface area contributed by atoms with E-state index < -0.39 is 10.2 Å². The average molecular weight is 330 g/mol. The second-order valence-electron chi connectivity index (χ2n) is 6.13. The highest BCUT2D eigenvalue weighted by Gasteiger charge is 2.41. The Morgan fingerprint density at radius 2 is 1.68 bits per heavy atom. The van der Waals surface area contributed by atoms with Crippen molar-refractivity contribution in [3.8, 4) is 0 Å². The molecule has 0 aromatic carbocycles. The van der Waals surface area contributed by atoms with E-state index in [-0.39, 0.29) is 5.41 Å². The number of hydrogen-bond acceptors (Lipinski definition) is 6. The highest BCUT2D eigenvalue weighted by atomic mass is 32.2. The first kappa shape index (κ1) is 15.9. The molecule has 0 amide bonds. The van der Waals surface area contributed by atoms with Crippen LogP contribution in [0.1, 0.15) is 31.5 Å². The van der Waals surface area contributed by atoms with E-state index >= 15 is 0 Å². The van der Waals surface area contributed by atoms with Gasteiger partial charge >= 0.3 is 0 Å². The number of piperidine rings is 1. The van der Waals surface area contributed by atoms with Crippen molar-refractivity contribution < 1.29 is 17.7 Å². The number of aromatic nitrogens is 2. The minimum absolute atomic E-state index is 0.252. The summed E-state index contributed by atoms with van der Waals surface area (Å²) in [4.78, 5) is 4.31. The van der Waals surface area contributed by atoms with Crippen LogP contribution in [-0.4, -0.2) is 66.6 Å². The lowest BCUT2D eigenvalue weighted by molar-refractivity contribution is 0.0688. The molecule has 0 saturated carbocycles. The van der Waals surface area contributed by atoms with Crippen molar-refractivity contribution >= 4 is 10.2 Å². The van der Waals surface area contributed by atoms with Gasteiger partial charge in [0.15, 0.2) is 5.82 Å². The van der Waals surface area contributed by atoms with Crippen molar-refractivity contribution in [3.05, 3.63) is 11.7 Å². The number of rotatable bonds is 3. The molecule has 3 rings (SSSR count). The molecule has 0 N–H and O–H groups in total. The van der Waals surface area contributed by atoms with Crippen LogP contribution in [0.5, 0.6) is 0 Å². The Morgan fingerprint density at radius 3 is 2.23 bits per heavy atom. The molecule has 3 heterocycles. The first-order valence-corrected chi connectivity index (χ1v) is 8.95. The summed E-state index contributed by atoms with van der Waals surface area (Å²) in [5.41, 5.74) is -0.252. The molecule has 2 fully saturated rings. The summed E-state index contributed by atoms with van der Waals surface area (Å²) in [6.45, 7) is 6.57. The zero-order valence-corrected chi connectivity index (χ0v) is 13.8. The van der Waals surface area contributed by atoms with Crippen molar-refractivity contribution in [2.45, 2.75) is 32.1 Å². The van der Waals surface area contributed by atoms with Gasteiger partial charge in [0.25, 0.3) is 10.2 Å². The van der Waals surface area contributed by atoms with Crippen molar-refractivity contribution in [1.29, 1.82) is 0 Å². The second kappa shape index (κ2) is 5.88. The van der Waals surface area contributed by atoms with Gasteiger partial charge < -0.3 is 9.26 Å². The third-order valence-electron chi connectivity index (χ3n) is 4.49. The monoisotopic (exact) mass is 330 g/mol. The molecule has 124 valence electrons. The number of morpholine rings is 1. The van der Waals surface area contributed by atoms with Crippen molar-refractivity contribution in [1.82, 2.24) is 18.8 Å². The molecule has 0 spiro atoms. The van der Waals surface area contributed by atoms with Gasteiger partial charge in [0.2, 0.25) is 5.89 Å². The Kier molecular flexibility index (Phi) is 4.23. The van der Waals surface area contributed by atoms with Gasteiger partial charge in [0.1, 0.15) is 0 Å². The zero-order chi connectivity index (χ0) is 15.8. The van der Waals surface area contributed by atoms with E-state index in [1.165, 1.54) is 4.31 Å². The van der Waals surface area contributed by atoms with Gasteiger partial charge in [-0.3, -0.25) is 0 Å². The Hall–Kier alpha value is -1.03. The molecule has 2 aliphatic rings. The van der Waals surface area contributed by atoms with Crippen LogP contribution in [-0.2, 0) is 20.4 Å². The quantitative estimate of drug-likeness (QED) is 0.792. The Bertz CT molecular complexity index is 616. The van der Waals surface area contributed by atoms with Gasteiger partial charge in [-0.2, -0.15) is 22.0 Å². The molecular weight excluding hydrogens is 308 g/mol. The molecule has 1 aromatic heterocycles. The van der Waals surface area contributed by atoms with Crippen LogP contribution >= 0.6 is 0 Å². The molecule has 1 aromatic rings. The van der Waals surface area contributed by atoms with E-state index in [1.807, 2.05) is 0 Å². The fraction of sp³-hybridized carbons (Fsp3) is 0.846. The standard InChI is InChI=1S/C13H22N4O4S/c1-11-14-12(21-15-11)13(2)3-5-16(6-4-13)22(18,19)17-7-9-20-10-8-17/h3-10H2,1-2H3. The molecule has 0 radical (unpaired) electrons. The SMILES string of the molecule is Cc1noc(C2(C)CCN(S(=O)(=O)N3CCOCC3)CC2)n1. The van der Waals surface area contributed by atoms with E-state index in [4.69, 9.17) is 9.26 Å². The Morgan fingerprint density at radius 1 is 1.09 bits per heavy atom. The molecule has 22 heavy (non-hydrogen) atoms. The molecular formula is C13H22N4O4S. The van der Waals surface area contributed by atoms with E-state index in [9.17, 15) is 8.42 Å². The summed E-state index contributed by atoms with van der Waals surface area (Å²) in [7, 11) is -3.39. The third-order valence-corrected chi connectivity index (χ3v) is 6.53. The normalized spacial score (nSPS) is 24.5. The number of nitrogens with zero attached hydrogens (tertiary/aromatic N) is 4. The van der Waals surface area contributed by atoms with Crippen LogP contribution in [0.4, 0.5) is 0 Å². The van der Waals surface area contributed by atoms with Gasteiger partial charge in [0, 0.05) is 31.6 Å². The van der Waals surface area contributed by atoms with E-state index in [2.05, 4.69) is 17.1 Å². The van der Waals surface area contributed by atoms with Crippen LogP contribution in [0, 0.1) is 6.92 Å². The summed E-state index contributed by atoms with van der Waals surface area (Å²) in [5.74, 6) is 1.22. The zero-order valence-electron chi connectivity index (χ0n) is 13.0. The van der Waals surface area contributed by atoms with Crippen molar-refractivity contribution in [2.24, 2.45) is 0 Å². The molecule has 9 heteroatoms. The van der Waals surface area contributed by atoms with Crippen LogP contribution in [0.3, 0.4) is 0 Å². The third kappa shape index (κ3) is 2.90. The summed E-state index contributed by atoms with van der Waals surface area (Å²) in [5, 5.41) is 3.84. The molecule has 8 nitrogen and oxygen atoms in total. The Labute approximate surface area is 130 Å². The van der Waals surface area contributed by atoms with Crippen molar-refractivity contribution in [3.63, 3.8) is 0 Å². The summed E-state index contributed by atoms with van der Waals surface area (Å²) >= 11 is 0. The number of aryl methyl sites for hydroxylation is 1. The van der Waals surface area contributed by atoms with Gasteiger partial charge in [-0.05, 0) is 19.8 Å². The molecule has 0 unspecified atom stereocenters. The van der Waals surface area contributed by atoms with Gasteiger partial charge in [0.05, 0.1) is 13.2 Å². The lowest BCUT2D eigenvalue weighted by atomic mass is 9.81. The van der Waals surface area contributed by atoms with Crippen LogP contribution in [0.2, 0.25) is 0 Å². The maximum absolute atomic E-state index is 12.6. The van der Waals surface area contributed by atoms with Gasteiger partial charge in [-0.25, -0.2) is 0 Å². The minimum atomic E-state index is -3.39. The predicted octanol–water partition coefficient (Wildman–Crippen LogP) is 0.309. The molecule has 0 aliphatic carbocycles. The highest BCUT2D eigenvalue weighted by molar-refractivity contribution is 7.86. The van der Waals surface area contributed by atoms with Gasteiger partial charge in [-0.1, -0.05) is 12.1 Å². The molecule has 2 aliphatic heterocycles. The average Bonchev–Trinajstić information content (AvgIpc) is 2.96. The molecule has 0 bridgehead atoms. The van der Waals surface area contributed by atoms with E-state index in [0.717, 1.165) is 0 Å². The van der Waals surface area contributed by atoms with Gasteiger partial charge in [-0.15, -0.1) is 0 Å². The van der Waals surface area contributed by atoms with Crippen molar-refractivity contribution in [2.75, 3.05) is 39.4 Å². The highest BCUT2D eigenvalue weighted by Crippen LogP contribution is 2.35. The fourth-order valence-corrected chi connectivity index (χ4v) is 4.49. The van der Waals surface area contributed by atoms with E-state index in [0.29, 0.717) is 63.9 Å². The minimum Gasteiger partial charge on any atom is -0.379 e. The maximum atomic E-state index is 12.6. The largest absolute Gasteiger partial charge is 0.379 e. The van der Waals surface area contributed by atoms with E-state index in [1.54, 1.807) is 11.2 Å². The lowest BCUT2D eigenvalue weighted by Gasteiger charge is -2.39.